The summed E-state index contributed by atoms with van der Waals surface area (Å²) >= 11 is 5.85. The van der Waals surface area contributed by atoms with E-state index in [1.807, 2.05) is 0 Å². The molecule has 0 saturated carbocycles. The molecule has 1 aromatic rings. The Balaban J connectivity index is 3.19. The molecule has 2 nitrogen and oxygen atoms in total. The number of terminal acetylenes is 1. The summed E-state index contributed by atoms with van der Waals surface area (Å²) < 4.78 is 0. The van der Waals surface area contributed by atoms with Crippen LogP contribution in [0.25, 0.3) is 6.08 Å². The zero-order chi connectivity index (χ0) is 10.6. The highest BCUT2D eigenvalue weighted by Gasteiger charge is 2.01. The summed E-state index contributed by atoms with van der Waals surface area (Å²) in [5.41, 5.74) is 1.13. The fourth-order valence-electron chi connectivity index (χ4n) is 0.987. The van der Waals surface area contributed by atoms with Crippen molar-refractivity contribution in [1.82, 2.24) is 0 Å². The van der Waals surface area contributed by atoms with Gasteiger partial charge in [-0.2, -0.15) is 0 Å². The van der Waals surface area contributed by atoms with Crippen molar-refractivity contribution in [3.05, 3.63) is 40.4 Å². The molecule has 0 radical (unpaired) electrons. The lowest BCUT2D eigenvalue weighted by atomic mass is 10.1. The summed E-state index contributed by atoms with van der Waals surface area (Å²) in [6.45, 7) is 0. The van der Waals surface area contributed by atoms with E-state index >= 15 is 0 Å². The molecule has 0 heterocycles. The van der Waals surface area contributed by atoms with Gasteiger partial charge in [0.15, 0.2) is 0 Å². The first-order chi connectivity index (χ1) is 6.65. The van der Waals surface area contributed by atoms with E-state index < -0.39 is 5.97 Å². The molecule has 0 spiro atoms. The van der Waals surface area contributed by atoms with Crippen LogP contribution in [0.4, 0.5) is 0 Å². The van der Waals surface area contributed by atoms with Crippen LogP contribution >= 0.6 is 11.6 Å². The zero-order valence-electron chi connectivity index (χ0n) is 7.20. The molecule has 0 amide bonds. The summed E-state index contributed by atoms with van der Waals surface area (Å²) in [6.07, 6.45) is 7.63. The van der Waals surface area contributed by atoms with Gasteiger partial charge in [-0.25, -0.2) is 4.79 Å². The van der Waals surface area contributed by atoms with E-state index in [0.717, 1.165) is 6.08 Å². The number of carboxylic acids is 1. The summed E-state index contributed by atoms with van der Waals surface area (Å²) in [4.78, 5) is 10.3. The smallest absolute Gasteiger partial charge is 0.328 e. The Morgan fingerprint density at radius 1 is 1.57 bits per heavy atom. The van der Waals surface area contributed by atoms with Crippen LogP contribution in [0.3, 0.4) is 0 Å². The molecule has 3 heteroatoms. The Bertz CT molecular complexity index is 427. The number of halogens is 1. The van der Waals surface area contributed by atoms with Crippen molar-refractivity contribution in [3.8, 4) is 12.3 Å². The minimum atomic E-state index is -1.03. The van der Waals surface area contributed by atoms with E-state index in [1.54, 1.807) is 18.2 Å². The number of benzene rings is 1. The van der Waals surface area contributed by atoms with Crippen molar-refractivity contribution < 1.29 is 9.90 Å². The highest BCUT2D eigenvalue weighted by Crippen LogP contribution is 2.20. The molecule has 1 aromatic carbocycles. The molecule has 1 rings (SSSR count). The third-order valence-corrected chi connectivity index (χ3v) is 1.93. The molecule has 1 N–H and O–H groups in total. The lowest BCUT2D eigenvalue weighted by Crippen LogP contribution is -1.88. The zero-order valence-corrected chi connectivity index (χ0v) is 7.95. The Hall–Kier alpha value is -1.72. The predicted molar refractivity (Wildman–Crippen MR) is 56.1 cm³/mol. The van der Waals surface area contributed by atoms with Crippen molar-refractivity contribution in [3.63, 3.8) is 0 Å². The molecule has 0 atom stereocenters. The van der Waals surface area contributed by atoms with Crippen LogP contribution in [0, 0.1) is 12.3 Å². The first-order valence-electron chi connectivity index (χ1n) is 3.81. The normalized spacial score (nSPS) is 10.0. The van der Waals surface area contributed by atoms with Gasteiger partial charge in [-0.15, -0.1) is 6.42 Å². The van der Waals surface area contributed by atoms with Crippen molar-refractivity contribution >= 4 is 23.6 Å². The maximum atomic E-state index is 10.3. The van der Waals surface area contributed by atoms with E-state index in [1.165, 1.54) is 6.08 Å². The fraction of sp³-hybridized carbons (Fsp3) is 0. The molecule has 0 aliphatic heterocycles. The van der Waals surface area contributed by atoms with Gasteiger partial charge in [-0.1, -0.05) is 23.6 Å². The predicted octanol–water partition coefficient (Wildman–Crippen LogP) is 2.42. The molecular formula is C11H7ClO2. The number of hydrogen-bond donors (Lipinski definition) is 1. The second-order valence-corrected chi connectivity index (χ2v) is 2.92. The van der Waals surface area contributed by atoms with E-state index in [4.69, 9.17) is 23.1 Å². The van der Waals surface area contributed by atoms with Crippen LogP contribution in [0.2, 0.25) is 5.02 Å². The molecule has 0 saturated heterocycles. The van der Waals surface area contributed by atoms with Crippen LogP contribution in [0.15, 0.2) is 24.3 Å². The van der Waals surface area contributed by atoms with Crippen LogP contribution in [0.1, 0.15) is 11.1 Å². The third-order valence-electron chi connectivity index (χ3n) is 1.60. The van der Waals surface area contributed by atoms with Crippen LogP contribution in [-0.4, -0.2) is 11.1 Å². The van der Waals surface area contributed by atoms with Gasteiger partial charge in [-0.3, -0.25) is 0 Å². The van der Waals surface area contributed by atoms with Crippen LogP contribution < -0.4 is 0 Å². The van der Waals surface area contributed by atoms with Crippen molar-refractivity contribution in [2.45, 2.75) is 0 Å². The van der Waals surface area contributed by atoms with Crippen LogP contribution in [0.5, 0.6) is 0 Å². The van der Waals surface area contributed by atoms with Gasteiger partial charge >= 0.3 is 5.97 Å². The largest absolute Gasteiger partial charge is 0.478 e. The highest BCUT2D eigenvalue weighted by molar-refractivity contribution is 6.32. The monoisotopic (exact) mass is 206 g/mol. The summed E-state index contributed by atoms with van der Waals surface area (Å²) in [7, 11) is 0. The molecule has 0 aromatic heterocycles. The van der Waals surface area contributed by atoms with Gasteiger partial charge in [0, 0.05) is 22.2 Å². The number of aliphatic carboxylic acids is 1. The van der Waals surface area contributed by atoms with Gasteiger partial charge in [0.1, 0.15) is 0 Å². The van der Waals surface area contributed by atoms with Gasteiger partial charge in [-0.05, 0) is 18.2 Å². The minimum absolute atomic E-state index is 0.443. The fourth-order valence-corrected chi connectivity index (χ4v) is 1.22. The van der Waals surface area contributed by atoms with Gasteiger partial charge in [0.2, 0.25) is 0 Å². The topological polar surface area (TPSA) is 37.3 Å². The number of carbonyl (C=O) groups is 1. The molecule has 70 valence electrons. The number of carboxylic acid groups (broad SMARTS) is 1. The average molecular weight is 207 g/mol. The van der Waals surface area contributed by atoms with E-state index in [-0.39, 0.29) is 0 Å². The van der Waals surface area contributed by atoms with E-state index in [0.29, 0.717) is 16.1 Å². The standard InChI is InChI=1S/C11H7ClO2/c1-2-8-4-3-5-10(12)9(8)6-7-11(13)14/h1,3-7H,(H,13,14)/b7-6+. The summed E-state index contributed by atoms with van der Waals surface area (Å²) in [5.74, 6) is 1.40. The van der Waals surface area contributed by atoms with Gasteiger partial charge in [0.25, 0.3) is 0 Å². The second kappa shape index (κ2) is 4.50. The average Bonchev–Trinajstić information content (AvgIpc) is 2.15. The lowest BCUT2D eigenvalue weighted by Gasteiger charge is -2.00. The van der Waals surface area contributed by atoms with E-state index in [2.05, 4.69) is 5.92 Å². The Morgan fingerprint density at radius 2 is 2.29 bits per heavy atom. The quantitative estimate of drug-likeness (QED) is 0.596. The second-order valence-electron chi connectivity index (χ2n) is 2.52. The van der Waals surface area contributed by atoms with Crippen LogP contribution in [-0.2, 0) is 4.79 Å². The summed E-state index contributed by atoms with van der Waals surface area (Å²) in [6, 6.07) is 5.08. The first kappa shape index (κ1) is 10.4. The molecule has 0 unspecified atom stereocenters. The summed E-state index contributed by atoms with van der Waals surface area (Å²) in [5, 5.41) is 8.89. The van der Waals surface area contributed by atoms with Gasteiger partial charge in [0.05, 0.1) is 0 Å². The Labute approximate surface area is 86.8 Å². The maximum Gasteiger partial charge on any atom is 0.328 e. The Morgan fingerprint density at radius 3 is 2.86 bits per heavy atom. The first-order valence-corrected chi connectivity index (χ1v) is 4.19. The Kier molecular flexibility index (Phi) is 3.33. The minimum Gasteiger partial charge on any atom is -0.478 e. The van der Waals surface area contributed by atoms with Crippen molar-refractivity contribution in [2.75, 3.05) is 0 Å². The molecule has 0 bridgehead atoms. The van der Waals surface area contributed by atoms with Crippen molar-refractivity contribution in [2.24, 2.45) is 0 Å². The van der Waals surface area contributed by atoms with E-state index in [9.17, 15) is 4.79 Å². The number of hydrogen-bond acceptors (Lipinski definition) is 1. The molecule has 0 fully saturated rings. The third kappa shape index (κ3) is 2.38. The molecular weight excluding hydrogens is 200 g/mol. The maximum absolute atomic E-state index is 10.3. The number of rotatable bonds is 2. The molecule has 0 aliphatic carbocycles. The molecule has 14 heavy (non-hydrogen) atoms. The SMILES string of the molecule is C#Cc1cccc(Cl)c1/C=C/C(=O)O. The van der Waals surface area contributed by atoms with Crippen molar-refractivity contribution in [1.29, 1.82) is 0 Å². The lowest BCUT2D eigenvalue weighted by molar-refractivity contribution is -0.131. The van der Waals surface area contributed by atoms with Gasteiger partial charge < -0.3 is 5.11 Å². The highest BCUT2D eigenvalue weighted by atomic mass is 35.5. The molecule has 0 aliphatic rings.